The van der Waals surface area contributed by atoms with Crippen LogP contribution in [0.15, 0.2) is 24.3 Å². The van der Waals surface area contributed by atoms with E-state index in [1.807, 2.05) is 0 Å². The average Bonchev–Trinajstić information content (AvgIpc) is 3.05. The summed E-state index contributed by atoms with van der Waals surface area (Å²) in [6.07, 6.45) is 3.77. The van der Waals surface area contributed by atoms with Crippen LogP contribution in [0, 0.1) is 5.92 Å². The van der Waals surface area contributed by atoms with E-state index in [1.165, 1.54) is 11.1 Å². The molecule has 3 heteroatoms. The molecule has 2 fully saturated rings. The highest BCUT2D eigenvalue weighted by atomic mass is 16.5. The number of carbonyl (C=O) groups excluding carboxylic acids is 1. The summed E-state index contributed by atoms with van der Waals surface area (Å²) < 4.78 is 5.64. The summed E-state index contributed by atoms with van der Waals surface area (Å²) >= 11 is 0. The molecule has 1 aliphatic carbocycles. The van der Waals surface area contributed by atoms with Gasteiger partial charge >= 0.3 is 0 Å². The van der Waals surface area contributed by atoms with Gasteiger partial charge < -0.3 is 9.64 Å². The van der Waals surface area contributed by atoms with Gasteiger partial charge in [0.15, 0.2) is 0 Å². The predicted octanol–water partition coefficient (Wildman–Crippen LogP) is 2.92. The van der Waals surface area contributed by atoms with Gasteiger partial charge in [-0.15, -0.1) is 0 Å². The van der Waals surface area contributed by atoms with Gasteiger partial charge in [-0.05, 0) is 48.1 Å². The molecule has 22 heavy (non-hydrogen) atoms. The van der Waals surface area contributed by atoms with Crippen LogP contribution in [0.2, 0.25) is 0 Å². The Morgan fingerprint density at radius 3 is 2.95 bits per heavy atom. The smallest absolute Gasteiger partial charge is 0.251 e. The van der Waals surface area contributed by atoms with Crippen LogP contribution in [0.4, 0.5) is 0 Å². The van der Waals surface area contributed by atoms with Crippen LogP contribution in [0.5, 0.6) is 0 Å². The van der Waals surface area contributed by atoms with Crippen molar-refractivity contribution >= 4 is 5.91 Å². The Labute approximate surface area is 132 Å². The number of amides is 1. The summed E-state index contributed by atoms with van der Waals surface area (Å²) in [6, 6.07) is 9.14. The molecule has 0 radical (unpaired) electrons. The van der Waals surface area contributed by atoms with E-state index in [9.17, 15) is 4.79 Å². The third-order valence-electron chi connectivity index (χ3n) is 6.40. The molecule has 1 amide bonds. The molecular formula is C19H25NO2. The molecule has 1 aromatic rings. The van der Waals surface area contributed by atoms with Crippen LogP contribution in [0.3, 0.4) is 0 Å². The van der Waals surface area contributed by atoms with Gasteiger partial charge in [-0.1, -0.05) is 38.1 Å². The maximum Gasteiger partial charge on any atom is 0.251 e. The first-order valence-corrected chi connectivity index (χ1v) is 8.62. The van der Waals surface area contributed by atoms with Gasteiger partial charge in [0.2, 0.25) is 0 Å². The second-order valence-corrected chi connectivity index (χ2v) is 7.42. The second-order valence-electron chi connectivity index (χ2n) is 7.42. The lowest BCUT2D eigenvalue weighted by Crippen LogP contribution is -2.61. The van der Waals surface area contributed by atoms with E-state index in [4.69, 9.17) is 4.74 Å². The number of nitrogens with zero attached hydrogens (tertiary/aromatic N) is 1. The van der Waals surface area contributed by atoms with Crippen molar-refractivity contribution in [3.63, 3.8) is 0 Å². The van der Waals surface area contributed by atoms with Crippen molar-refractivity contribution in [3.8, 4) is 0 Å². The van der Waals surface area contributed by atoms with E-state index in [0.717, 1.165) is 38.8 Å². The SMILES string of the molecule is C[C@@H]1C2Cc3ccccc3[C@@]1(C)CCN2C(=O)C1CCCO1. The molecule has 3 nitrogen and oxygen atoms in total. The molecular weight excluding hydrogens is 274 g/mol. The monoisotopic (exact) mass is 299 g/mol. The number of benzene rings is 1. The van der Waals surface area contributed by atoms with Crippen LogP contribution in [-0.2, 0) is 21.4 Å². The Balaban J connectivity index is 1.67. The van der Waals surface area contributed by atoms with Gasteiger partial charge in [-0.25, -0.2) is 0 Å². The van der Waals surface area contributed by atoms with Crippen molar-refractivity contribution in [2.45, 2.75) is 57.1 Å². The summed E-state index contributed by atoms with van der Waals surface area (Å²) in [5.74, 6) is 0.734. The normalized spacial score (nSPS) is 37.0. The highest BCUT2D eigenvalue weighted by Crippen LogP contribution is 2.48. The lowest BCUT2D eigenvalue weighted by molar-refractivity contribution is -0.148. The number of hydrogen-bond acceptors (Lipinski definition) is 2. The van der Waals surface area contributed by atoms with Crippen LogP contribution in [-0.4, -0.2) is 36.1 Å². The molecule has 0 saturated carbocycles. The van der Waals surface area contributed by atoms with E-state index in [-0.39, 0.29) is 17.4 Å². The minimum Gasteiger partial charge on any atom is -0.368 e. The van der Waals surface area contributed by atoms with Crippen molar-refractivity contribution < 1.29 is 9.53 Å². The van der Waals surface area contributed by atoms with Gasteiger partial charge in [0.1, 0.15) is 6.10 Å². The Morgan fingerprint density at radius 2 is 2.18 bits per heavy atom. The van der Waals surface area contributed by atoms with Crippen LogP contribution in [0.25, 0.3) is 0 Å². The lowest BCUT2D eigenvalue weighted by Gasteiger charge is -2.54. The fraction of sp³-hybridized carbons (Fsp3) is 0.632. The molecule has 2 aliphatic heterocycles. The van der Waals surface area contributed by atoms with Crippen molar-refractivity contribution in [3.05, 3.63) is 35.4 Å². The van der Waals surface area contributed by atoms with E-state index in [0.29, 0.717) is 12.0 Å². The second kappa shape index (κ2) is 5.09. The van der Waals surface area contributed by atoms with Crippen molar-refractivity contribution in [2.24, 2.45) is 5.92 Å². The minimum absolute atomic E-state index is 0.186. The Kier molecular flexibility index (Phi) is 3.30. The number of fused-ring (bicyclic) bond motifs is 4. The highest BCUT2D eigenvalue weighted by Gasteiger charge is 2.50. The zero-order valence-corrected chi connectivity index (χ0v) is 13.5. The maximum absolute atomic E-state index is 12.9. The molecule has 118 valence electrons. The largest absolute Gasteiger partial charge is 0.368 e. The van der Waals surface area contributed by atoms with Crippen molar-refractivity contribution in [2.75, 3.05) is 13.2 Å². The summed E-state index contributed by atoms with van der Waals surface area (Å²) in [7, 11) is 0. The number of rotatable bonds is 1. The van der Waals surface area contributed by atoms with Crippen LogP contribution in [0.1, 0.15) is 44.2 Å². The zero-order chi connectivity index (χ0) is 15.3. The van der Waals surface area contributed by atoms with E-state index >= 15 is 0 Å². The first-order valence-electron chi connectivity index (χ1n) is 8.62. The molecule has 2 bridgehead atoms. The maximum atomic E-state index is 12.9. The lowest BCUT2D eigenvalue weighted by atomic mass is 9.59. The van der Waals surface area contributed by atoms with Crippen LogP contribution >= 0.6 is 0 Å². The third-order valence-corrected chi connectivity index (χ3v) is 6.40. The summed E-state index contributed by atoms with van der Waals surface area (Å²) in [5.41, 5.74) is 3.13. The molecule has 0 spiro atoms. The summed E-state index contributed by atoms with van der Waals surface area (Å²) in [6.45, 7) is 6.33. The number of carbonyl (C=O) groups is 1. The standard InChI is InChI=1S/C19H25NO2/c1-13-16-12-14-6-3-4-7-15(14)19(13,2)9-10-20(16)18(21)17-8-5-11-22-17/h3-4,6-7,13,16-17H,5,8-12H2,1-2H3/t13-,16?,17?,19+/m1/s1. The Morgan fingerprint density at radius 1 is 1.36 bits per heavy atom. The topological polar surface area (TPSA) is 29.5 Å². The van der Waals surface area contributed by atoms with E-state index < -0.39 is 0 Å². The Hall–Kier alpha value is -1.35. The number of piperidine rings is 1. The first kappa shape index (κ1) is 14.3. The van der Waals surface area contributed by atoms with Gasteiger partial charge in [-0.2, -0.15) is 0 Å². The number of hydrogen-bond donors (Lipinski definition) is 0. The fourth-order valence-corrected chi connectivity index (χ4v) is 4.82. The number of ether oxygens (including phenoxy) is 1. The molecule has 3 aliphatic rings. The molecule has 2 saturated heterocycles. The quantitative estimate of drug-likeness (QED) is 0.798. The molecule has 2 unspecified atom stereocenters. The van der Waals surface area contributed by atoms with Gasteiger partial charge in [0.05, 0.1) is 0 Å². The zero-order valence-electron chi connectivity index (χ0n) is 13.5. The highest BCUT2D eigenvalue weighted by molar-refractivity contribution is 5.82. The van der Waals surface area contributed by atoms with Crippen molar-refractivity contribution in [1.29, 1.82) is 0 Å². The fourth-order valence-electron chi connectivity index (χ4n) is 4.82. The molecule has 0 N–H and O–H groups in total. The van der Waals surface area contributed by atoms with E-state index in [1.54, 1.807) is 0 Å². The molecule has 4 rings (SSSR count). The first-order chi connectivity index (χ1) is 10.6. The summed E-state index contributed by atoms with van der Waals surface area (Å²) in [4.78, 5) is 15.0. The molecule has 0 aromatic heterocycles. The molecule has 1 aromatic carbocycles. The van der Waals surface area contributed by atoms with Gasteiger partial charge in [-0.3, -0.25) is 4.79 Å². The van der Waals surface area contributed by atoms with Crippen LogP contribution < -0.4 is 0 Å². The number of likely N-dealkylation sites (tertiary alicyclic amines) is 1. The van der Waals surface area contributed by atoms with Crippen molar-refractivity contribution in [1.82, 2.24) is 4.90 Å². The Bertz CT molecular complexity index is 593. The third kappa shape index (κ3) is 1.95. The molecule has 4 atom stereocenters. The average molecular weight is 299 g/mol. The molecule has 2 heterocycles. The van der Waals surface area contributed by atoms with E-state index in [2.05, 4.69) is 43.0 Å². The minimum atomic E-state index is -0.186. The van der Waals surface area contributed by atoms with Gasteiger partial charge in [0, 0.05) is 19.2 Å². The predicted molar refractivity (Wildman–Crippen MR) is 85.8 cm³/mol. The summed E-state index contributed by atoms with van der Waals surface area (Å²) in [5, 5.41) is 0. The van der Waals surface area contributed by atoms with Gasteiger partial charge in [0.25, 0.3) is 5.91 Å².